The maximum absolute atomic E-state index is 12.1. The predicted molar refractivity (Wildman–Crippen MR) is 85.0 cm³/mol. The topological polar surface area (TPSA) is 35.5 Å². The fraction of sp³-hybridized carbons (Fsp3) is 0.500. The molecule has 19 heavy (non-hydrogen) atoms. The van der Waals surface area contributed by atoms with Gasteiger partial charge >= 0.3 is 5.97 Å². The van der Waals surface area contributed by atoms with Gasteiger partial charge in [0.15, 0.2) is 0 Å². The molecule has 0 bridgehead atoms. The Morgan fingerprint density at radius 1 is 1.37 bits per heavy atom. The molecule has 0 spiro atoms. The van der Waals surface area contributed by atoms with E-state index in [-0.39, 0.29) is 11.6 Å². The molecule has 0 fully saturated rings. The van der Waals surface area contributed by atoms with Crippen molar-refractivity contribution < 1.29 is 14.3 Å². The van der Waals surface area contributed by atoms with Gasteiger partial charge < -0.3 is 9.47 Å². The molecule has 103 valence electrons. The maximum atomic E-state index is 12.1. The van der Waals surface area contributed by atoms with Crippen LogP contribution in [0.4, 0.5) is 0 Å². The van der Waals surface area contributed by atoms with Crippen molar-refractivity contribution in [2.75, 3.05) is 6.61 Å². The van der Waals surface area contributed by atoms with Crippen LogP contribution in [0.15, 0.2) is 18.2 Å². The van der Waals surface area contributed by atoms with E-state index in [1.165, 1.54) is 0 Å². The van der Waals surface area contributed by atoms with Crippen molar-refractivity contribution in [2.24, 2.45) is 0 Å². The number of rotatable bonds is 5. The Bertz CT molecular complexity index is 441. The van der Waals surface area contributed by atoms with Gasteiger partial charge in [-0.1, -0.05) is 12.1 Å². The van der Waals surface area contributed by atoms with Gasteiger partial charge in [0.25, 0.3) is 0 Å². The summed E-state index contributed by atoms with van der Waals surface area (Å²) in [5.41, 5.74) is 0.154. The van der Waals surface area contributed by atoms with E-state index in [0.29, 0.717) is 17.9 Å². The summed E-state index contributed by atoms with van der Waals surface area (Å²) in [6.45, 7) is 6.26. The molecule has 0 heterocycles. The summed E-state index contributed by atoms with van der Waals surface area (Å²) in [5, 5.41) is 0. The summed E-state index contributed by atoms with van der Waals surface area (Å²) in [7, 11) is 3.35. The molecule has 0 aliphatic rings. The van der Waals surface area contributed by atoms with Crippen LogP contribution in [0.5, 0.6) is 5.75 Å². The summed E-state index contributed by atoms with van der Waals surface area (Å²) in [6, 6.07) is 6.35. The Morgan fingerprint density at radius 2 is 2.05 bits per heavy atom. The molecule has 1 rings (SSSR count). The van der Waals surface area contributed by atoms with Gasteiger partial charge in [-0.3, -0.25) is 0 Å². The molecule has 0 atom stereocenters. The molecule has 0 N–H and O–H groups in total. The number of hydrogen-bond acceptors (Lipinski definition) is 3. The minimum atomic E-state index is -0.352. The van der Waals surface area contributed by atoms with E-state index >= 15 is 0 Å². The first-order valence-corrected chi connectivity index (χ1v) is 7.93. The van der Waals surface area contributed by atoms with Crippen LogP contribution in [0.25, 0.3) is 0 Å². The van der Waals surface area contributed by atoms with Gasteiger partial charge in [0.05, 0.1) is 6.61 Å². The SMILES string of the molecule is CC(C)(C)Oc1cccc(I)c1C(=O)OCCC[Si]. The van der Waals surface area contributed by atoms with Crippen molar-refractivity contribution in [3.63, 3.8) is 0 Å². The van der Waals surface area contributed by atoms with E-state index in [1.54, 1.807) is 6.07 Å². The summed E-state index contributed by atoms with van der Waals surface area (Å²) in [5.74, 6) is 0.243. The highest BCUT2D eigenvalue weighted by atomic mass is 127. The van der Waals surface area contributed by atoms with Crippen LogP contribution in [-0.2, 0) is 4.74 Å². The molecule has 1 aromatic rings. The minimum absolute atomic E-state index is 0.329. The van der Waals surface area contributed by atoms with Crippen molar-refractivity contribution >= 4 is 38.8 Å². The van der Waals surface area contributed by atoms with Crippen LogP contribution < -0.4 is 4.74 Å². The van der Waals surface area contributed by atoms with Gasteiger partial charge in [-0.05, 0) is 61.9 Å². The lowest BCUT2D eigenvalue weighted by atomic mass is 10.1. The first kappa shape index (κ1) is 16.5. The Balaban J connectivity index is 2.94. The lowest BCUT2D eigenvalue weighted by molar-refractivity contribution is 0.0490. The van der Waals surface area contributed by atoms with Crippen molar-refractivity contribution in [2.45, 2.75) is 38.8 Å². The number of carbonyl (C=O) groups is 1. The van der Waals surface area contributed by atoms with Crippen molar-refractivity contribution in [1.82, 2.24) is 0 Å². The summed E-state index contributed by atoms with van der Waals surface area (Å²) in [6.07, 6.45) is 0.793. The van der Waals surface area contributed by atoms with E-state index in [2.05, 4.69) is 32.8 Å². The zero-order valence-corrected chi connectivity index (χ0v) is 14.6. The second-order valence-corrected chi connectivity index (χ2v) is 6.73. The summed E-state index contributed by atoms with van der Waals surface area (Å²) < 4.78 is 11.9. The normalized spacial score (nSPS) is 11.2. The number of halogens is 1. The number of esters is 1. The molecule has 0 aliphatic carbocycles. The van der Waals surface area contributed by atoms with Gasteiger partial charge in [0, 0.05) is 13.8 Å². The molecule has 1 aromatic carbocycles. The van der Waals surface area contributed by atoms with E-state index < -0.39 is 0 Å². The average molecular weight is 389 g/mol. The number of hydrogen-bond donors (Lipinski definition) is 0. The maximum Gasteiger partial charge on any atom is 0.343 e. The van der Waals surface area contributed by atoms with Gasteiger partial charge in [0.2, 0.25) is 0 Å². The Hall–Kier alpha value is -0.563. The molecular formula is C14H18IO3Si. The Kier molecular flexibility index (Phi) is 6.32. The number of benzene rings is 1. The van der Waals surface area contributed by atoms with E-state index in [1.807, 2.05) is 32.9 Å². The van der Waals surface area contributed by atoms with Crippen LogP contribution in [-0.4, -0.2) is 28.4 Å². The lowest BCUT2D eigenvalue weighted by Crippen LogP contribution is -2.24. The molecule has 0 unspecified atom stereocenters. The third-order valence-electron chi connectivity index (χ3n) is 2.15. The van der Waals surface area contributed by atoms with Crippen molar-refractivity contribution in [3.05, 3.63) is 27.3 Å². The highest BCUT2D eigenvalue weighted by Gasteiger charge is 2.21. The molecule has 3 radical (unpaired) electrons. The van der Waals surface area contributed by atoms with Crippen LogP contribution in [0, 0.1) is 3.57 Å². The molecule has 0 aromatic heterocycles. The first-order chi connectivity index (χ1) is 8.85. The second-order valence-electron chi connectivity index (χ2n) is 5.07. The van der Waals surface area contributed by atoms with E-state index in [0.717, 1.165) is 16.0 Å². The van der Waals surface area contributed by atoms with Crippen molar-refractivity contribution in [3.8, 4) is 5.75 Å². The highest BCUT2D eigenvalue weighted by Crippen LogP contribution is 2.28. The number of ether oxygens (including phenoxy) is 2. The van der Waals surface area contributed by atoms with Crippen LogP contribution in [0.2, 0.25) is 6.04 Å². The summed E-state index contributed by atoms with van der Waals surface area (Å²) >= 11 is 2.12. The third-order valence-corrected chi connectivity index (χ3v) is 3.40. The third kappa shape index (κ3) is 5.52. The fourth-order valence-corrected chi connectivity index (χ4v) is 2.26. The van der Waals surface area contributed by atoms with Crippen LogP contribution in [0.3, 0.4) is 0 Å². The Labute approximate surface area is 131 Å². The monoisotopic (exact) mass is 389 g/mol. The van der Waals surface area contributed by atoms with Gasteiger partial charge in [0.1, 0.15) is 16.9 Å². The lowest BCUT2D eigenvalue weighted by Gasteiger charge is -2.23. The fourth-order valence-electron chi connectivity index (χ4n) is 1.43. The minimum Gasteiger partial charge on any atom is -0.487 e. The standard InChI is InChI=1S/C14H18IO3Si/c1-14(2,3)18-11-7-4-6-10(15)12(11)13(16)17-8-5-9-19/h4,6-7H,5,8-9H2,1-3H3. The summed E-state index contributed by atoms with van der Waals surface area (Å²) in [4.78, 5) is 12.1. The molecule has 3 nitrogen and oxygen atoms in total. The second kappa shape index (κ2) is 7.28. The molecule has 0 aliphatic heterocycles. The molecule has 5 heteroatoms. The van der Waals surface area contributed by atoms with Crippen molar-refractivity contribution in [1.29, 1.82) is 0 Å². The number of carbonyl (C=O) groups excluding carboxylic acids is 1. The molecule has 0 amide bonds. The quantitative estimate of drug-likeness (QED) is 0.334. The zero-order chi connectivity index (χ0) is 14.5. The molecular weight excluding hydrogens is 371 g/mol. The van der Waals surface area contributed by atoms with E-state index in [9.17, 15) is 4.79 Å². The predicted octanol–water partition coefficient (Wildman–Crippen LogP) is 3.60. The highest BCUT2D eigenvalue weighted by molar-refractivity contribution is 14.1. The smallest absolute Gasteiger partial charge is 0.343 e. The van der Waals surface area contributed by atoms with E-state index in [4.69, 9.17) is 9.47 Å². The first-order valence-electron chi connectivity index (χ1n) is 6.14. The Morgan fingerprint density at radius 3 is 2.63 bits per heavy atom. The van der Waals surface area contributed by atoms with Crippen LogP contribution >= 0.6 is 22.6 Å². The van der Waals surface area contributed by atoms with Gasteiger partial charge in [-0.15, -0.1) is 0 Å². The van der Waals surface area contributed by atoms with Gasteiger partial charge in [-0.25, -0.2) is 4.79 Å². The zero-order valence-electron chi connectivity index (χ0n) is 11.5. The average Bonchev–Trinajstić information content (AvgIpc) is 2.27. The van der Waals surface area contributed by atoms with Gasteiger partial charge in [-0.2, -0.15) is 0 Å². The molecule has 0 saturated heterocycles. The largest absolute Gasteiger partial charge is 0.487 e. The van der Waals surface area contributed by atoms with Crippen LogP contribution in [0.1, 0.15) is 37.6 Å². The molecule has 0 saturated carbocycles.